The molecule has 1 nitrogen and oxygen atoms in total. The molecule has 0 bridgehead atoms. The summed E-state index contributed by atoms with van der Waals surface area (Å²) in [5.41, 5.74) is 3.34. The average molecular weight is 284 g/mol. The largest absolute Gasteiger partial charge is 0.298 e. The first-order valence-corrected chi connectivity index (χ1v) is 5.31. The summed E-state index contributed by atoms with van der Waals surface area (Å²) in [6.07, 6.45) is 5.26. The number of rotatable bonds is 1. The molecule has 0 fully saturated rings. The molecule has 0 aromatic heterocycles. The third kappa shape index (κ3) is 1.82. The predicted molar refractivity (Wildman–Crippen MR) is 62.1 cm³/mol. The minimum atomic E-state index is 0.782. The number of benzene rings is 1. The summed E-state index contributed by atoms with van der Waals surface area (Å²) < 4.78 is 1.39. The highest BCUT2D eigenvalue weighted by Gasteiger charge is 2.08. The van der Waals surface area contributed by atoms with Crippen LogP contribution in [0.5, 0.6) is 0 Å². The Hall–Kier alpha value is -0.640. The van der Waals surface area contributed by atoms with Gasteiger partial charge in [0, 0.05) is 5.56 Å². The molecule has 1 aliphatic carbocycles. The van der Waals surface area contributed by atoms with Crippen molar-refractivity contribution in [1.82, 2.24) is 0 Å². The van der Waals surface area contributed by atoms with Gasteiger partial charge >= 0.3 is 0 Å². The van der Waals surface area contributed by atoms with Crippen LogP contribution >= 0.6 is 22.6 Å². The highest BCUT2D eigenvalue weighted by Crippen LogP contribution is 2.27. The number of carbonyl (C=O) groups is 1. The Morgan fingerprint density at radius 3 is 2.92 bits per heavy atom. The van der Waals surface area contributed by atoms with Crippen molar-refractivity contribution in [3.63, 3.8) is 0 Å². The van der Waals surface area contributed by atoms with Crippen LogP contribution in [0.2, 0.25) is 0 Å². The lowest BCUT2D eigenvalue weighted by Crippen LogP contribution is -1.97. The zero-order chi connectivity index (χ0) is 9.26. The number of halogens is 1. The summed E-state index contributed by atoms with van der Waals surface area (Å²) >= 11 is 2.36. The van der Waals surface area contributed by atoms with Gasteiger partial charge in [-0.3, -0.25) is 4.79 Å². The third-order valence-corrected chi connectivity index (χ3v) is 3.10. The zero-order valence-corrected chi connectivity index (χ0v) is 9.24. The van der Waals surface area contributed by atoms with Gasteiger partial charge in [-0.25, -0.2) is 0 Å². The summed E-state index contributed by atoms with van der Waals surface area (Å²) in [5.74, 6) is 0. The lowest BCUT2D eigenvalue weighted by molar-refractivity contribution is 0.112. The quantitative estimate of drug-likeness (QED) is 0.571. The van der Waals surface area contributed by atoms with E-state index in [0.29, 0.717) is 0 Å². The number of aryl methyl sites for hydroxylation is 1. The van der Waals surface area contributed by atoms with Gasteiger partial charge in [-0.05, 0) is 62.3 Å². The molecule has 66 valence electrons. The van der Waals surface area contributed by atoms with Crippen LogP contribution in [0.25, 0.3) is 6.08 Å². The van der Waals surface area contributed by atoms with Crippen LogP contribution in [0.4, 0.5) is 0 Å². The monoisotopic (exact) mass is 284 g/mol. The molecule has 13 heavy (non-hydrogen) atoms. The van der Waals surface area contributed by atoms with E-state index in [9.17, 15) is 4.79 Å². The smallest absolute Gasteiger partial charge is 0.150 e. The Bertz CT molecular complexity index is 380. The van der Waals surface area contributed by atoms with Crippen molar-refractivity contribution in [2.75, 3.05) is 0 Å². The van der Waals surface area contributed by atoms with Crippen molar-refractivity contribution < 1.29 is 4.79 Å². The first kappa shape index (κ1) is 8.94. The van der Waals surface area contributed by atoms with Crippen molar-refractivity contribution in [2.24, 2.45) is 0 Å². The Balaban J connectivity index is 2.49. The average Bonchev–Trinajstić information content (AvgIpc) is 2.17. The van der Waals surface area contributed by atoms with Crippen molar-refractivity contribution >= 4 is 35.0 Å². The first-order chi connectivity index (χ1) is 6.29. The summed E-state index contributed by atoms with van der Waals surface area (Å²) in [6, 6.07) is 5.89. The Morgan fingerprint density at radius 2 is 2.15 bits per heavy atom. The Morgan fingerprint density at radius 1 is 1.31 bits per heavy atom. The van der Waals surface area contributed by atoms with Crippen molar-refractivity contribution in [2.45, 2.75) is 12.8 Å². The fourth-order valence-electron chi connectivity index (χ4n) is 1.55. The minimum absolute atomic E-state index is 0.782. The number of hydrogen-bond acceptors (Lipinski definition) is 1. The van der Waals surface area contributed by atoms with Gasteiger partial charge in [0.2, 0.25) is 0 Å². The van der Waals surface area contributed by atoms with Crippen LogP contribution in [-0.2, 0) is 6.42 Å². The third-order valence-electron chi connectivity index (χ3n) is 2.25. The van der Waals surface area contributed by atoms with E-state index in [1.165, 1.54) is 14.7 Å². The lowest BCUT2D eigenvalue weighted by Gasteiger charge is -2.12. The van der Waals surface area contributed by atoms with E-state index >= 15 is 0 Å². The number of carbonyl (C=O) groups excluding carboxylic acids is 1. The van der Waals surface area contributed by atoms with Gasteiger partial charge in [0.15, 0.2) is 0 Å². The molecule has 0 spiro atoms. The van der Waals surface area contributed by atoms with E-state index in [2.05, 4.69) is 28.7 Å². The highest BCUT2D eigenvalue weighted by molar-refractivity contribution is 14.1. The topological polar surface area (TPSA) is 17.1 Å². The molecule has 2 heteroatoms. The highest BCUT2D eigenvalue weighted by atomic mass is 127. The molecular formula is C11H9IO. The SMILES string of the molecule is O=Cc1ccc2c(c1)CCC(I)=C2. The van der Waals surface area contributed by atoms with Crippen LogP contribution in [0.1, 0.15) is 27.9 Å². The summed E-state index contributed by atoms with van der Waals surface area (Å²) in [5, 5.41) is 0. The van der Waals surface area contributed by atoms with Crippen molar-refractivity contribution in [3.8, 4) is 0 Å². The predicted octanol–water partition coefficient (Wildman–Crippen LogP) is 3.22. The van der Waals surface area contributed by atoms with Gasteiger partial charge in [0.05, 0.1) is 0 Å². The maximum absolute atomic E-state index is 10.5. The molecule has 0 radical (unpaired) electrons. The second-order valence-corrected chi connectivity index (χ2v) is 4.55. The molecule has 2 rings (SSSR count). The second-order valence-electron chi connectivity index (χ2n) is 3.17. The number of hydrogen-bond donors (Lipinski definition) is 0. The van der Waals surface area contributed by atoms with Crippen LogP contribution in [0.15, 0.2) is 21.8 Å². The van der Waals surface area contributed by atoms with E-state index in [1.807, 2.05) is 18.2 Å². The molecule has 0 amide bonds. The van der Waals surface area contributed by atoms with Crippen molar-refractivity contribution in [1.29, 1.82) is 0 Å². The summed E-state index contributed by atoms with van der Waals surface area (Å²) in [7, 11) is 0. The normalized spacial score (nSPS) is 14.7. The molecule has 1 aromatic rings. The maximum Gasteiger partial charge on any atom is 0.150 e. The van der Waals surface area contributed by atoms with E-state index in [0.717, 1.165) is 24.7 Å². The van der Waals surface area contributed by atoms with E-state index in [-0.39, 0.29) is 0 Å². The van der Waals surface area contributed by atoms with Gasteiger partial charge in [-0.2, -0.15) is 0 Å². The molecule has 0 atom stereocenters. The molecule has 0 N–H and O–H groups in total. The standard InChI is InChI=1S/C11H9IO/c12-11-4-3-9-5-8(7-13)1-2-10(9)6-11/h1-2,5-7H,3-4H2. The van der Waals surface area contributed by atoms with Gasteiger partial charge in [0.1, 0.15) is 6.29 Å². The Labute approximate surface area is 91.0 Å². The van der Waals surface area contributed by atoms with Crippen LogP contribution < -0.4 is 0 Å². The summed E-state index contributed by atoms with van der Waals surface area (Å²) in [6.45, 7) is 0. The van der Waals surface area contributed by atoms with Gasteiger partial charge < -0.3 is 0 Å². The second kappa shape index (κ2) is 3.62. The molecule has 0 heterocycles. The molecule has 0 aliphatic heterocycles. The zero-order valence-electron chi connectivity index (χ0n) is 7.09. The first-order valence-electron chi connectivity index (χ1n) is 4.24. The van der Waals surface area contributed by atoms with E-state index in [1.54, 1.807) is 0 Å². The van der Waals surface area contributed by atoms with Crippen LogP contribution in [0, 0.1) is 0 Å². The molecular weight excluding hydrogens is 275 g/mol. The summed E-state index contributed by atoms with van der Waals surface area (Å²) in [4.78, 5) is 10.5. The minimum Gasteiger partial charge on any atom is -0.298 e. The van der Waals surface area contributed by atoms with E-state index < -0.39 is 0 Å². The molecule has 0 unspecified atom stereocenters. The number of fused-ring (bicyclic) bond motifs is 1. The fraction of sp³-hybridized carbons (Fsp3) is 0.182. The molecule has 1 aromatic carbocycles. The fourth-order valence-corrected chi connectivity index (χ4v) is 2.16. The molecule has 0 saturated heterocycles. The van der Waals surface area contributed by atoms with Crippen LogP contribution in [0.3, 0.4) is 0 Å². The van der Waals surface area contributed by atoms with Gasteiger partial charge in [-0.15, -0.1) is 0 Å². The van der Waals surface area contributed by atoms with Gasteiger partial charge in [0.25, 0.3) is 0 Å². The van der Waals surface area contributed by atoms with Crippen molar-refractivity contribution in [3.05, 3.63) is 38.5 Å². The maximum atomic E-state index is 10.5. The Kier molecular flexibility index (Phi) is 2.49. The molecule has 0 saturated carbocycles. The number of allylic oxidation sites excluding steroid dienone is 1. The lowest BCUT2D eigenvalue weighted by atomic mass is 9.96. The van der Waals surface area contributed by atoms with Crippen LogP contribution in [-0.4, -0.2) is 6.29 Å². The van der Waals surface area contributed by atoms with Gasteiger partial charge in [-0.1, -0.05) is 12.1 Å². The molecule has 1 aliphatic rings. The van der Waals surface area contributed by atoms with E-state index in [4.69, 9.17) is 0 Å². The number of aldehydes is 1.